The molecule has 0 radical (unpaired) electrons. The van der Waals surface area contributed by atoms with E-state index < -0.39 is 9.84 Å². The molecule has 1 aliphatic rings. The van der Waals surface area contributed by atoms with Crippen molar-refractivity contribution in [3.05, 3.63) is 29.8 Å². The van der Waals surface area contributed by atoms with Crippen molar-refractivity contribution in [2.75, 3.05) is 25.4 Å². The Morgan fingerprint density at radius 2 is 1.95 bits per heavy atom. The fraction of sp³-hybridized carbons (Fsp3) is 0.429. The van der Waals surface area contributed by atoms with Crippen LogP contribution < -0.4 is 0 Å². The lowest BCUT2D eigenvalue weighted by Gasteiger charge is -2.25. The fourth-order valence-corrected chi connectivity index (χ4v) is 3.48. The van der Waals surface area contributed by atoms with Gasteiger partial charge in [-0.15, -0.1) is 0 Å². The van der Waals surface area contributed by atoms with E-state index in [1.165, 1.54) is 12.1 Å². The third-order valence-electron chi connectivity index (χ3n) is 3.41. The number of ketones is 1. The van der Waals surface area contributed by atoms with Crippen LogP contribution in [-0.4, -0.2) is 44.5 Å². The van der Waals surface area contributed by atoms with Crippen LogP contribution in [0.4, 0.5) is 0 Å². The third kappa shape index (κ3) is 3.65. The first kappa shape index (κ1) is 14.7. The molecule has 1 heterocycles. The highest BCUT2D eigenvalue weighted by molar-refractivity contribution is 7.91. The molecular formula is C14H16N2O3S. The van der Waals surface area contributed by atoms with Gasteiger partial charge in [-0.1, -0.05) is 6.07 Å². The molecule has 1 aromatic rings. The summed E-state index contributed by atoms with van der Waals surface area (Å²) in [6.45, 7) is 1.69. The van der Waals surface area contributed by atoms with E-state index in [0.717, 1.165) is 0 Å². The third-order valence-corrected chi connectivity index (χ3v) is 5.10. The zero-order valence-electron chi connectivity index (χ0n) is 11.1. The standard InChI is InChI=1S/C14H16N2O3S/c15-11-12-2-1-3-14(10-12)20(18,19)9-8-16-6-4-13(17)5-7-16/h1-3,10H,4-9H2. The zero-order valence-corrected chi connectivity index (χ0v) is 11.9. The number of carbonyl (C=O) groups is 1. The molecule has 0 N–H and O–H groups in total. The summed E-state index contributed by atoms with van der Waals surface area (Å²) >= 11 is 0. The molecule has 0 unspecified atom stereocenters. The molecule has 1 aromatic carbocycles. The SMILES string of the molecule is N#Cc1cccc(S(=O)(=O)CCN2CCC(=O)CC2)c1. The van der Waals surface area contributed by atoms with Crippen LogP contribution in [0.25, 0.3) is 0 Å². The van der Waals surface area contributed by atoms with Gasteiger partial charge in [0.2, 0.25) is 0 Å². The van der Waals surface area contributed by atoms with Crippen LogP contribution in [0.5, 0.6) is 0 Å². The summed E-state index contributed by atoms with van der Waals surface area (Å²) < 4.78 is 24.4. The molecule has 0 spiro atoms. The fourth-order valence-electron chi connectivity index (χ4n) is 2.15. The Hall–Kier alpha value is -1.71. The Morgan fingerprint density at radius 1 is 1.25 bits per heavy atom. The highest BCUT2D eigenvalue weighted by atomic mass is 32.2. The van der Waals surface area contributed by atoms with Gasteiger partial charge < -0.3 is 4.90 Å². The topological polar surface area (TPSA) is 78.2 Å². The molecule has 0 aromatic heterocycles. The number of rotatable bonds is 4. The number of likely N-dealkylation sites (tertiary alicyclic amines) is 1. The van der Waals surface area contributed by atoms with E-state index in [1.807, 2.05) is 11.0 Å². The van der Waals surface area contributed by atoms with Crippen LogP contribution in [-0.2, 0) is 14.6 Å². The van der Waals surface area contributed by atoms with Gasteiger partial charge in [0.25, 0.3) is 0 Å². The van der Waals surface area contributed by atoms with Gasteiger partial charge in [0.15, 0.2) is 9.84 Å². The van der Waals surface area contributed by atoms with E-state index in [9.17, 15) is 13.2 Å². The average molecular weight is 292 g/mol. The summed E-state index contributed by atoms with van der Waals surface area (Å²) in [5.41, 5.74) is 0.342. The first-order chi connectivity index (χ1) is 9.51. The van der Waals surface area contributed by atoms with Crippen molar-refractivity contribution in [1.29, 1.82) is 5.26 Å². The number of benzene rings is 1. The number of nitrogens with zero attached hydrogens (tertiary/aromatic N) is 2. The van der Waals surface area contributed by atoms with Gasteiger partial charge in [-0.3, -0.25) is 4.79 Å². The Kier molecular flexibility index (Phi) is 4.53. The second-order valence-electron chi connectivity index (χ2n) is 4.84. The lowest BCUT2D eigenvalue weighted by atomic mass is 10.1. The molecule has 0 amide bonds. The number of hydrogen-bond acceptors (Lipinski definition) is 5. The predicted molar refractivity (Wildman–Crippen MR) is 73.9 cm³/mol. The molecule has 0 bridgehead atoms. The molecule has 0 atom stereocenters. The molecule has 2 rings (SSSR count). The summed E-state index contributed by atoms with van der Waals surface area (Å²) in [6.07, 6.45) is 1.01. The summed E-state index contributed by atoms with van der Waals surface area (Å²) in [5, 5.41) is 8.80. The largest absolute Gasteiger partial charge is 0.301 e. The lowest BCUT2D eigenvalue weighted by Crippen LogP contribution is -2.37. The molecule has 106 valence electrons. The van der Waals surface area contributed by atoms with Gasteiger partial charge >= 0.3 is 0 Å². The molecule has 1 fully saturated rings. The van der Waals surface area contributed by atoms with Crippen molar-refractivity contribution in [3.63, 3.8) is 0 Å². The normalized spacial score (nSPS) is 16.9. The van der Waals surface area contributed by atoms with E-state index >= 15 is 0 Å². The van der Waals surface area contributed by atoms with Crippen LogP contribution in [0.3, 0.4) is 0 Å². The quantitative estimate of drug-likeness (QED) is 0.827. The van der Waals surface area contributed by atoms with Gasteiger partial charge in [0.1, 0.15) is 5.78 Å². The van der Waals surface area contributed by atoms with E-state index in [0.29, 0.717) is 38.0 Å². The second kappa shape index (κ2) is 6.16. The van der Waals surface area contributed by atoms with Gasteiger partial charge in [-0.05, 0) is 18.2 Å². The Labute approximate surface area is 118 Å². The van der Waals surface area contributed by atoms with Crippen LogP contribution in [0, 0.1) is 11.3 Å². The number of carbonyl (C=O) groups excluding carboxylic acids is 1. The van der Waals surface area contributed by atoms with E-state index in [4.69, 9.17) is 5.26 Å². The van der Waals surface area contributed by atoms with Crippen LogP contribution in [0.15, 0.2) is 29.2 Å². The molecule has 0 aliphatic carbocycles. The number of Topliss-reactive ketones (excluding diaryl/α,β-unsaturated/α-hetero) is 1. The first-order valence-electron chi connectivity index (χ1n) is 6.48. The van der Waals surface area contributed by atoms with Crippen molar-refractivity contribution >= 4 is 15.6 Å². The van der Waals surface area contributed by atoms with E-state index in [2.05, 4.69) is 0 Å². The van der Waals surface area contributed by atoms with Gasteiger partial charge in [-0.25, -0.2) is 8.42 Å². The molecule has 0 saturated carbocycles. The predicted octanol–water partition coefficient (Wildman–Crippen LogP) is 0.997. The minimum atomic E-state index is -3.38. The maximum atomic E-state index is 12.2. The van der Waals surface area contributed by atoms with Crippen molar-refractivity contribution < 1.29 is 13.2 Å². The van der Waals surface area contributed by atoms with Crippen LogP contribution >= 0.6 is 0 Å². The van der Waals surface area contributed by atoms with Crippen LogP contribution in [0.1, 0.15) is 18.4 Å². The monoisotopic (exact) mass is 292 g/mol. The Bertz CT molecular complexity index is 637. The van der Waals surface area contributed by atoms with E-state index in [1.54, 1.807) is 12.1 Å². The summed E-state index contributed by atoms with van der Waals surface area (Å²) in [7, 11) is -3.38. The maximum absolute atomic E-state index is 12.2. The smallest absolute Gasteiger partial charge is 0.179 e. The maximum Gasteiger partial charge on any atom is 0.179 e. The molecule has 20 heavy (non-hydrogen) atoms. The van der Waals surface area contributed by atoms with E-state index in [-0.39, 0.29) is 16.4 Å². The molecule has 1 saturated heterocycles. The van der Waals surface area contributed by atoms with Crippen molar-refractivity contribution in [3.8, 4) is 6.07 Å². The van der Waals surface area contributed by atoms with Crippen molar-refractivity contribution in [1.82, 2.24) is 4.90 Å². The number of hydrogen-bond donors (Lipinski definition) is 0. The average Bonchev–Trinajstić information content (AvgIpc) is 2.47. The van der Waals surface area contributed by atoms with Crippen LogP contribution in [0.2, 0.25) is 0 Å². The first-order valence-corrected chi connectivity index (χ1v) is 8.13. The molecule has 6 heteroatoms. The number of nitriles is 1. The molecule has 1 aliphatic heterocycles. The Morgan fingerprint density at radius 3 is 2.60 bits per heavy atom. The second-order valence-corrected chi connectivity index (χ2v) is 6.95. The highest BCUT2D eigenvalue weighted by Crippen LogP contribution is 2.14. The zero-order chi connectivity index (χ0) is 14.6. The molecular weight excluding hydrogens is 276 g/mol. The Balaban J connectivity index is 2.00. The minimum Gasteiger partial charge on any atom is -0.301 e. The van der Waals surface area contributed by atoms with Gasteiger partial charge in [0.05, 0.1) is 22.3 Å². The minimum absolute atomic E-state index is 0.00999. The van der Waals surface area contributed by atoms with Crippen molar-refractivity contribution in [2.24, 2.45) is 0 Å². The lowest BCUT2D eigenvalue weighted by molar-refractivity contribution is -0.121. The summed E-state index contributed by atoms with van der Waals surface area (Å²) in [5.74, 6) is 0.252. The van der Waals surface area contributed by atoms with Gasteiger partial charge in [0, 0.05) is 32.5 Å². The number of piperidine rings is 1. The number of sulfone groups is 1. The van der Waals surface area contributed by atoms with Crippen molar-refractivity contribution in [2.45, 2.75) is 17.7 Å². The summed E-state index contributed by atoms with van der Waals surface area (Å²) in [4.78, 5) is 13.3. The summed E-state index contributed by atoms with van der Waals surface area (Å²) in [6, 6.07) is 8.00. The molecule has 5 nitrogen and oxygen atoms in total. The highest BCUT2D eigenvalue weighted by Gasteiger charge is 2.20. The van der Waals surface area contributed by atoms with Gasteiger partial charge in [-0.2, -0.15) is 5.26 Å².